The fourth-order valence-electron chi connectivity index (χ4n) is 3.51. The molecule has 1 N–H and O–H groups in total. The van der Waals surface area contributed by atoms with E-state index in [1.165, 1.54) is 0 Å². The van der Waals surface area contributed by atoms with E-state index in [1.54, 1.807) is 21.3 Å². The molecule has 0 aromatic heterocycles. The molecular weight excluding hydrogens is 495 g/mol. The highest BCUT2D eigenvalue weighted by Gasteiger charge is 2.20. The van der Waals surface area contributed by atoms with E-state index in [0.29, 0.717) is 0 Å². The third kappa shape index (κ3) is 8.85. The molecule has 0 atom stereocenters. The van der Waals surface area contributed by atoms with Crippen LogP contribution in [-0.2, 0) is 11.3 Å². The molecule has 0 bridgehead atoms. The second kappa shape index (κ2) is 15.5. The quantitative estimate of drug-likeness (QED) is 0.204. The molecule has 0 amide bonds. The molecule has 0 saturated carbocycles. The first-order valence-electron chi connectivity index (χ1n) is 10.7. The number of hydrogen-bond donors (Lipinski definition) is 1. The predicted molar refractivity (Wildman–Crippen MR) is 134 cm³/mol. The van der Waals surface area contributed by atoms with Gasteiger partial charge in [-0.25, -0.2) is 0 Å². The van der Waals surface area contributed by atoms with E-state index in [9.17, 15) is 0 Å². The van der Waals surface area contributed by atoms with Crippen LogP contribution in [0, 0.1) is 0 Å². The fourth-order valence-corrected chi connectivity index (χ4v) is 3.51. The van der Waals surface area contributed by atoms with E-state index in [4.69, 9.17) is 19.2 Å². The summed E-state index contributed by atoms with van der Waals surface area (Å²) in [4.78, 5) is 9.66. The smallest absolute Gasteiger partial charge is 0.194 e. The molecule has 1 aliphatic rings. The Morgan fingerprint density at radius 1 is 1.03 bits per heavy atom. The number of unbranched alkanes of at least 4 members (excludes halogenated alkanes) is 2. The summed E-state index contributed by atoms with van der Waals surface area (Å²) in [5.41, 5.74) is 1.16. The van der Waals surface area contributed by atoms with Crippen molar-refractivity contribution in [3.8, 4) is 11.5 Å². The van der Waals surface area contributed by atoms with Crippen molar-refractivity contribution in [1.29, 1.82) is 0 Å². The molecule has 1 aliphatic heterocycles. The molecule has 0 radical (unpaired) electrons. The van der Waals surface area contributed by atoms with Crippen LogP contribution in [0.25, 0.3) is 0 Å². The maximum Gasteiger partial charge on any atom is 0.194 e. The number of ether oxygens (including phenoxy) is 3. The number of aliphatic imine (C=N–C) groups is 1. The number of hydrogen-bond acceptors (Lipinski definition) is 5. The molecule has 0 unspecified atom stereocenters. The monoisotopic (exact) mass is 534 g/mol. The zero-order valence-electron chi connectivity index (χ0n) is 19.0. The normalized spacial score (nSPS) is 14.9. The molecule has 0 aliphatic carbocycles. The number of methoxy groups -OCH3 is 3. The van der Waals surface area contributed by atoms with Crippen LogP contribution >= 0.6 is 24.0 Å². The van der Waals surface area contributed by atoms with Crippen LogP contribution in [0.2, 0.25) is 0 Å². The lowest BCUT2D eigenvalue weighted by molar-refractivity contribution is 0.171. The van der Waals surface area contributed by atoms with Gasteiger partial charge in [0, 0.05) is 65.1 Å². The number of guanidine groups is 1. The second-order valence-corrected chi connectivity index (χ2v) is 7.23. The summed E-state index contributed by atoms with van der Waals surface area (Å²) < 4.78 is 16.0. The Balaban J connectivity index is 0.00000450. The molecule has 1 aromatic carbocycles. The first-order chi connectivity index (χ1) is 14.2. The number of halogens is 1. The van der Waals surface area contributed by atoms with Gasteiger partial charge in [0.05, 0.1) is 14.2 Å². The maximum absolute atomic E-state index is 5.53. The van der Waals surface area contributed by atoms with Crippen molar-refractivity contribution in [2.75, 3.05) is 67.2 Å². The van der Waals surface area contributed by atoms with E-state index >= 15 is 0 Å². The van der Waals surface area contributed by atoms with E-state index < -0.39 is 0 Å². The highest BCUT2D eigenvalue weighted by atomic mass is 127. The Hall–Kier alpha value is -1.26. The third-order valence-corrected chi connectivity index (χ3v) is 5.16. The molecule has 1 aromatic rings. The second-order valence-electron chi connectivity index (χ2n) is 7.23. The van der Waals surface area contributed by atoms with Crippen LogP contribution in [0.3, 0.4) is 0 Å². The van der Waals surface area contributed by atoms with Crippen LogP contribution in [0.15, 0.2) is 23.2 Å². The van der Waals surface area contributed by atoms with E-state index in [1.807, 2.05) is 12.1 Å². The van der Waals surface area contributed by atoms with Gasteiger partial charge in [-0.2, -0.15) is 0 Å². The van der Waals surface area contributed by atoms with Gasteiger partial charge in [0.1, 0.15) is 11.5 Å². The Morgan fingerprint density at radius 3 is 2.43 bits per heavy atom. The molecule has 0 spiro atoms. The van der Waals surface area contributed by atoms with Gasteiger partial charge < -0.3 is 24.4 Å². The van der Waals surface area contributed by atoms with Gasteiger partial charge in [-0.15, -0.1) is 24.0 Å². The summed E-state index contributed by atoms with van der Waals surface area (Å²) in [6.07, 6.45) is 3.37. The predicted octanol–water partition coefficient (Wildman–Crippen LogP) is 3.22. The number of nitrogens with zero attached hydrogens (tertiary/aromatic N) is 3. The average Bonchev–Trinajstić information content (AvgIpc) is 2.76. The molecule has 2 rings (SSSR count). The van der Waals surface area contributed by atoms with Crippen molar-refractivity contribution in [1.82, 2.24) is 15.1 Å². The first-order valence-corrected chi connectivity index (χ1v) is 10.7. The van der Waals surface area contributed by atoms with Crippen molar-refractivity contribution >= 4 is 29.9 Å². The Labute approximate surface area is 199 Å². The van der Waals surface area contributed by atoms with Crippen molar-refractivity contribution in [3.63, 3.8) is 0 Å². The Bertz CT molecular complexity index is 622. The van der Waals surface area contributed by atoms with Crippen molar-refractivity contribution in [3.05, 3.63) is 23.8 Å². The Kier molecular flexibility index (Phi) is 13.9. The summed E-state index contributed by atoms with van der Waals surface area (Å²) in [7, 11) is 5.17. The fraction of sp³-hybridized carbons (Fsp3) is 0.682. The maximum atomic E-state index is 5.53. The minimum atomic E-state index is 0. The number of piperazine rings is 1. The van der Waals surface area contributed by atoms with Gasteiger partial charge in [0.25, 0.3) is 0 Å². The molecule has 8 heteroatoms. The van der Waals surface area contributed by atoms with Gasteiger partial charge in [0.15, 0.2) is 5.96 Å². The molecule has 1 heterocycles. The lowest BCUT2D eigenvalue weighted by Gasteiger charge is -2.36. The van der Waals surface area contributed by atoms with Crippen molar-refractivity contribution in [2.45, 2.75) is 32.7 Å². The lowest BCUT2D eigenvalue weighted by atomic mass is 10.1. The van der Waals surface area contributed by atoms with Crippen LogP contribution in [-0.4, -0.2) is 83.0 Å². The molecule has 7 nitrogen and oxygen atoms in total. The molecule has 30 heavy (non-hydrogen) atoms. The number of rotatable bonds is 11. The highest BCUT2D eigenvalue weighted by molar-refractivity contribution is 14.0. The summed E-state index contributed by atoms with van der Waals surface area (Å²) in [6, 6.07) is 5.99. The van der Waals surface area contributed by atoms with Crippen LogP contribution in [0.1, 0.15) is 31.7 Å². The van der Waals surface area contributed by atoms with Gasteiger partial charge in [-0.3, -0.25) is 9.89 Å². The van der Waals surface area contributed by atoms with E-state index in [-0.39, 0.29) is 24.0 Å². The standard InChI is InChI=1S/C22H38N4O3.HI/c1-5-23-22(24-11-7-6-8-16-27-2)26-14-12-25(13-15-26)18-19-17-20(28-3)9-10-21(19)29-4;/h9-10,17H,5-8,11-16,18H2,1-4H3,(H,23,24);1H. The van der Waals surface area contributed by atoms with Crippen LogP contribution < -0.4 is 14.8 Å². The Morgan fingerprint density at radius 2 is 1.80 bits per heavy atom. The SMILES string of the molecule is CCNC(=NCCCCCOC)N1CCN(Cc2cc(OC)ccc2OC)CC1.I. The van der Waals surface area contributed by atoms with Crippen molar-refractivity contribution in [2.24, 2.45) is 4.99 Å². The summed E-state index contributed by atoms with van der Waals surface area (Å²) in [6.45, 7) is 9.53. The summed E-state index contributed by atoms with van der Waals surface area (Å²) in [5.74, 6) is 2.82. The summed E-state index contributed by atoms with van der Waals surface area (Å²) >= 11 is 0. The van der Waals surface area contributed by atoms with E-state index in [0.717, 1.165) is 94.7 Å². The molecule has 1 saturated heterocycles. The van der Waals surface area contributed by atoms with Gasteiger partial charge >= 0.3 is 0 Å². The lowest BCUT2D eigenvalue weighted by Crippen LogP contribution is -2.52. The highest BCUT2D eigenvalue weighted by Crippen LogP contribution is 2.25. The average molecular weight is 534 g/mol. The molecule has 172 valence electrons. The molecular formula is C22H39IN4O3. The minimum Gasteiger partial charge on any atom is -0.497 e. The largest absolute Gasteiger partial charge is 0.497 e. The topological polar surface area (TPSA) is 58.6 Å². The van der Waals surface area contributed by atoms with Crippen LogP contribution in [0.5, 0.6) is 11.5 Å². The van der Waals surface area contributed by atoms with E-state index in [2.05, 4.69) is 28.1 Å². The zero-order valence-corrected chi connectivity index (χ0v) is 21.3. The minimum absolute atomic E-state index is 0. The summed E-state index contributed by atoms with van der Waals surface area (Å²) in [5, 5.41) is 3.45. The van der Waals surface area contributed by atoms with Gasteiger partial charge in [-0.1, -0.05) is 0 Å². The molecule has 1 fully saturated rings. The van der Waals surface area contributed by atoms with Gasteiger partial charge in [-0.05, 0) is 44.4 Å². The third-order valence-electron chi connectivity index (χ3n) is 5.16. The first kappa shape index (κ1) is 26.8. The van der Waals surface area contributed by atoms with Gasteiger partial charge in [0.2, 0.25) is 0 Å². The van der Waals surface area contributed by atoms with Crippen LogP contribution in [0.4, 0.5) is 0 Å². The van der Waals surface area contributed by atoms with Crippen molar-refractivity contribution < 1.29 is 14.2 Å². The number of nitrogens with one attached hydrogen (secondary N) is 1. The number of benzene rings is 1. The zero-order chi connectivity index (χ0) is 20.9.